The third-order valence-electron chi connectivity index (χ3n) is 5.25. The van der Waals surface area contributed by atoms with Crippen LogP contribution in [-0.2, 0) is 0 Å². The lowest BCUT2D eigenvalue weighted by Crippen LogP contribution is -2.10. The van der Waals surface area contributed by atoms with E-state index in [9.17, 15) is 4.79 Å². The van der Waals surface area contributed by atoms with Crippen molar-refractivity contribution < 1.29 is 4.79 Å². The SMILES string of the molecule is Cc1cc(-c2cccc3cc4ccccc4cc23)n(-c2ccc(C(N)=O)cc2)n1. The number of nitrogens with two attached hydrogens (primary N) is 1. The van der Waals surface area contributed by atoms with Crippen molar-refractivity contribution >= 4 is 27.5 Å². The van der Waals surface area contributed by atoms with Crippen LogP contribution in [0.3, 0.4) is 0 Å². The second-order valence-corrected chi connectivity index (χ2v) is 7.22. The van der Waals surface area contributed by atoms with Gasteiger partial charge < -0.3 is 5.73 Å². The van der Waals surface area contributed by atoms with E-state index in [1.165, 1.54) is 21.5 Å². The molecule has 1 amide bonds. The molecule has 5 aromatic rings. The summed E-state index contributed by atoms with van der Waals surface area (Å²) in [6.07, 6.45) is 0. The number of benzene rings is 4. The average Bonchev–Trinajstić information content (AvgIpc) is 3.13. The summed E-state index contributed by atoms with van der Waals surface area (Å²) in [6.45, 7) is 1.98. The second kappa shape index (κ2) is 6.60. The quantitative estimate of drug-likeness (QED) is 0.436. The molecule has 0 aliphatic carbocycles. The Balaban J connectivity index is 1.73. The molecule has 2 N–H and O–H groups in total. The van der Waals surface area contributed by atoms with Gasteiger partial charge in [-0.15, -0.1) is 0 Å². The largest absolute Gasteiger partial charge is 0.366 e. The molecule has 5 rings (SSSR count). The lowest BCUT2D eigenvalue weighted by molar-refractivity contribution is 0.100. The van der Waals surface area contributed by atoms with Crippen LogP contribution in [0.5, 0.6) is 0 Å². The van der Waals surface area contributed by atoms with Crippen LogP contribution in [-0.4, -0.2) is 15.7 Å². The van der Waals surface area contributed by atoms with Crippen LogP contribution in [0.1, 0.15) is 16.1 Å². The van der Waals surface area contributed by atoms with Crippen LogP contribution < -0.4 is 5.73 Å². The molecule has 0 aliphatic heterocycles. The fourth-order valence-corrected chi connectivity index (χ4v) is 3.85. The minimum absolute atomic E-state index is 0.436. The molecule has 4 aromatic carbocycles. The zero-order valence-electron chi connectivity index (χ0n) is 16.0. The minimum Gasteiger partial charge on any atom is -0.366 e. The molecule has 0 radical (unpaired) electrons. The number of nitrogens with zero attached hydrogens (tertiary/aromatic N) is 2. The first kappa shape index (κ1) is 17.2. The van der Waals surface area contributed by atoms with Crippen LogP contribution >= 0.6 is 0 Å². The summed E-state index contributed by atoms with van der Waals surface area (Å²) in [4.78, 5) is 11.4. The van der Waals surface area contributed by atoms with Gasteiger partial charge in [-0.2, -0.15) is 5.10 Å². The summed E-state index contributed by atoms with van der Waals surface area (Å²) in [6, 6.07) is 28.5. The van der Waals surface area contributed by atoms with Crippen molar-refractivity contribution in [2.24, 2.45) is 5.73 Å². The third-order valence-corrected chi connectivity index (χ3v) is 5.25. The number of aryl methyl sites for hydroxylation is 1. The summed E-state index contributed by atoms with van der Waals surface area (Å²) >= 11 is 0. The summed E-state index contributed by atoms with van der Waals surface area (Å²) in [5, 5.41) is 9.51. The van der Waals surface area contributed by atoms with Gasteiger partial charge in [0.1, 0.15) is 0 Å². The number of primary amides is 1. The monoisotopic (exact) mass is 377 g/mol. The van der Waals surface area contributed by atoms with Gasteiger partial charge in [0.05, 0.1) is 17.1 Å². The molecule has 1 heterocycles. The second-order valence-electron chi connectivity index (χ2n) is 7.22. The van der Waals surface area contributed by atoms with Crippen molar-refractivity contribution in [3.63, 3.8) is 0 Å². The summed E-state index contributed by atoms with van der Waals surface area (Å²) in [5.41, 5.74) is 9.80. The number of aromatic nitrogens is 2. The van der Waals surface area contributed by atoms with Crippen molar-refractivity contribution in [1.82, 2.24) is 9.78 Å². The highest BCUT2D eigenvalue weighted by Gasteiger charge is 2.13. The van der Waals surface area contributed by atoms with Gasteiger partial charge in [0, 0.05) is 11.1 Å². The van der Waals surface area contributed by atoms with Gasteiger partial charge in [-0.3, -0.25) is 4.79 Å². The highest BCUT2D eigenvalue weighted by atomic mass is 16.1. The van der Waals surface area contributed by atoms with E-state index >= 15 is 0 Å². The van der Waals surface area contributed by atoms with E-state index in [4.69, 9.17) is 10.8 Å². The number of carbonyl (C=O) groups excluding carboxylic acids is 1. The van der Waals surface area contributed by atoms with Gasteiger partial charge in [-0.1, -0.05) is 42.5 Å². The van der Waals surface area contributed by atoms with E-state index in [0.717, 1.165) is 22.6 Å². The lowest BCUT2D eigenvalue weighted by atomic mass is 9.98. The molecule has 4 heteroatoms. The average molecular weight is 377 g/mol. The Kier molecular flexibility index (Phi) is 3.91. The Morgan fingerprint density at radius 2 is 1.52 bits per heavy atom. The Bertz CT molecular complexity index is 1380. The summed E-state index contributed by atoms with van der Waals surface area (Å²) in [5.74, 6) is -0.436. The zero-order valence-corrected chi connectivity index (χ0v) is 16.0. The number of hydrogen-bond donors (Lipinski definition) is 1. The smallest absolute Gasteiger partial charge is 0.248 e. The molecule has 140 valence electrons. The number of fused-ring (bicyclic) bond motifs is 2. The third kappa shape index (κ3) is 2.95. The molecule has 0 bridgehead atoms. The molecule has 0 spiro atoms. The van der Waals surface area contributed by atoms with Crippen molar-refractivity contribution in [3.8, 4) is 16.9 Å². The summed E-state index contributed by atoms with van der Waals surface area (Å²) in [7, 11) is 0. The fourth-order valence-electron chi connectivity index (χ4n) is 3.85. The van der Waals surface area contributed by atoms with Gasteiger partial charge in [0.25, 0.3) is 0 Å². The minimum atomic E-state index is -0.436. The van der Waals surface area contributed by atoms with Gasteiger partial charge >= 0.3 is 0 Å². The van der Waals surface area contributed by atoms with Crippen LogP contribution in [0.25, 0.3) is 38.5 Å². The molecule has 4 nitrogen and oxygen atoms in total. The molecule has 0 unspecified atom stereocenters. The van der Waals surface area contributed by atoms with Crippen molar-refractivity contribution in [2.45, 2.75) is 6.92 Å². The van der Waals surface area contributed by atoms with Gasteiger partial charge in [0.2, 0.25) is 5.91 Å². The van der Waals surface area contributed by atoms with Gasteiger partial charge in [0.15, 0.2) is 0 Å². The number of carbonyl (C=O) groups is 1. The number of amides is 1. The molecule has 0 saturated heterocycles. The summed E-state index contributed by atoms with van der Waals surface area (Å²) < 4.78 is 1.92. The predicted octanol–water partition coefficient (Wildman–Crippen LogP) is 5.25. The van der Waals surface area contributed by atoms with E-state index in [0.29, 0.717) is 5.56 Å². The van der Waals surface area contributed by atoms with E-state index in [2.05, 4.69) is 60.7 Å². The molecule has 1 aromatic heterocycles. The Labute approximate surface area is 168 Å². The molecule has 0 atom stereocenters. The van der Waals surface area contributed by atoms with Crippen LogP contribution in [0.2, 0.25) is 0 Å². The maximum atomic E-state index is 11.4. The first-order chi connectivity index (χ1) is 14.1. The normalized spacial score (nSPS) is 11.2. The van der Waals surface area contributed by atoms with Crippen molar-refractivity contribution in [2.75, 3.05) is 0 Å². The van der Waals surface area contributed by atoms with Gasteiger partial charge in [-0.05, 0) is 70.9 Å². The predicted molar refractivity (Wildman–Crippen MR) is 117 cm³/mol. The van der Waals surface area contributed by atoms with E-state index < -0.39 is 5.91 Å². The zero-order chi connectivity index (χ0) is 20.0. The van der Waals surface area contributed by atoms with Crippen LogP contribution in [0, 0.1) is 6.92 Å². The standard InChI is InChI=1S/C25H19N3O/c1-16-13-24(28(27-16)21-11-9-17(10-12-21)25(26)29)22-8-4-7-20-14-18-5-2-3-6-19(18)15-23(20)22/h2-15H,1H3,(H2,26,29). The van der Waals surface area contributed by atoms with Crippen molar-refractivity contribution in [3.05, 3.63) is 96.2 Å². The van der Waals surface area contributed by atoms with Crippen molar-refractivity contribution in [1.29, 1.82) is 0 Å². The lowest BCUT2D eigenvalue weighted by Gasteiger charge is -2.12. The van der Waals surface area contributed by atoms with Crippen LogP contribution in [0.15, 0.2) is 84.9 Å². The molecule has 0 aliphatic rings. The molecular weight excluding hydrogens is 358 g/mol. The van der Waals surface area contributed by atoms with E-state index in [1.807, 2.05) is 23.7 Å². The Morgan fingerprint density at radius 3 is 2.24 bits per heavy atom. The van der Waals surface area contributed by atoms with E-state index in [1.54, 1.807) is 12.1 Å². The number of hydrogen-bond acceptors (Lipinski definition) is 2. The maximum Gasteiger partial charge on any atom is 0.248 e. The van der Waals surface area contributed by atoms with Gasteiger partial charge in [-0.25, -0.2) is 4.68 Å². The van der Waals surface area contributed by atoms with Crippen LogP contribution in [0.4, 0.5) is 0 Å². The van der Waals surface area contributed by atoms with E-state index in [-0.39, 0.29) is 0 Å². The fraction of sp³-hybridized carbons (Fsp3) is 0.0400. The maximum absolute atomic E-state index is 11.4. The molecule has 0 fully saturated rings. The Morgan fingerprint density at radius 1 is 0.828 bits per heavy atom. The molecule has 29 heavy (non-hydrogen) atoms. The molecular formula is C25H19N3O. The highest BCUT2D eigenvalue weighted by Crippen LogP contribution is 2.33. The topological polar surface area (TPSA) is 60.9 Å². The molecule has 0 saturated carbocycles. The Hall–Kier alpha value is -3.92. The number of rotatable bonds is 3. The highest BCUT2D eigenvalue weighted by molar-refractivity contribution is 6.04. The first-order valence-electron chi connectivity index (χ1n) is 9.49. The first-order valence-corrected chi connectivity index (χ1v) is 9.49.